The Morgan fingerprint density at radius 1 is 1.33 bits per heavy atom. The summed E-state index contributed by atoms with van der Waals surface area (Å²) in [7, 11) is 0. The van der Waals surface area contributed by atoms with Crippen LogP contribution in [0, 0.1) is 6.92 Å². The fraction of sp³-hybridized carbons (Fsp3) is 0.385. The Labute approximate surface area is 88.8 Å². The number of hydrogen-bond donors (Lipinski definition) is 0. The van der Waals surface area contributed by atoms with Gasteiger partial charge in [-0.1, -0.05) is 12.1 Å². The summed E-state index contributed by atoms with van der Waals surface area (Å²) >= 11 is 0. The van der Waals surface area contributed by atoms with Gasteiger partial charge in [-0.05, 0) is 37.8 Å². The fourth-order valence-corrected chi connectivity index (χ4v) is 1.92. The normalized spacial score (nSPS) is 16.6. The minimum atomic E-state index is 0.404. The summed E-state index contributed by atoms with van der Waals surface area (Å²) < 4.78 is 11.4. The van der Waals surface area contributed by atoms with Gasteiger partial charge in [0.25, 0.3) is 0 Å². The Kier molecular flexibility index (Phi) is 1.94. The lowest BCUT2D eigenvalue weighted by Crippen LogP contribution is -2.24. The molecule has 1 fully saturated rings. The van der Waals surface area contributed by atoms with Crippen molar-refractivity contribution in [1.29, 1.82) is 0 Å². The van der Waals surface area contributed by atoms with Gasteiger partial charge in [0.15, 0.2) is 11.3 Å². The summed E-state index contributed by atoms with van der Waals surface area (Å²) in [5.41, 5.74) is 2.06. The molecule has 1 aromatic heterocycles. The molecule has 1 heterocycles. The molecule has 1 aliphatic rings. The van der Waals surface area contributed by atoms with Crippen molar-refractivity contribution in [2.45, 2.75) is 32.3 Å². The summed E-state index contributed by atoms with van der Waals surface area (Å²) in [5, 5.41) is 1.16. The first kappa shape index (κ1) is 8.84. The number of aryl methyl sites for hydroxylation is 1. The van der Waals surface area contributed by atoms with E-state index in [4.69, 9.17) is 9.15 Å². The number of furan rings is 1. The molecule has 78 valence electrons. The topological polar surface area (TPSA) is 22.4 Å². The molecule has 1 aromatic carbocycles. The molecule has 15 heavy (non-hydrogen) atoms. The van der Waals surface area contributed by atoms with Crippen LogP contribution in [0.1, 0.15) is 24.8 Å². The van der Waals surface area contributed by atoms with E-state index >= 15 is 0 Å². The highest BCUT2D eigenvalue weighted by Gasteiger charge is 2.20. The van der Waals surface area contributed by atoms with Gasteiger partial charge >= 0.3 is 0 Å². The van der Waals surface area contributed by atoms with Crippen molar-refractivity contribution in [2.75, 3.05) is 0 Å². The Bertz CT molecular complexity index is 480. The summed E-state index contributed by atoms with van der Waals surface area (Å²) in [6.45, 7) is 2.05. The van der Waals surface area contributed by atoms with Gasteiger partial charge in [-0.2, -0.15) is 0 Å². The second-order valence-corrected chi connectivity index (χ2v) is 4.22. The number of hydrogen-bond acceptors (Lipinski definition) is 2. The van der Waals surface area contributed by atoms with E-state index in [0.717, 1.165) is 16.7 Å². The van der Waals surface area contributed by atoms with Crippen LogP contribution >= 0.6 is 0 Å². The largest absolute Gasteiger partial charge is 0.486 e. The molecule has 0 atom stereocenters. The van der Waals surface area contributed by atoms with Gasteiger partial charge in [0.05, 0.1) is 12.4 Å². The highest BCUT2D eigenvalue weighted by molar-refractivity contribution is 5.85. The number of fused-ring (bicyclic) bond motifs is 1. The van der Waals surface area contributed by atoms with E-state index in [2.05, 4.69) is 13.0 Å². The molecule has 2 aromatic rings. The molecule has 0 amide bonds. The van der Waals surface area contributed by atoms with Crippen molar-refractivity contribution in [1.82, 2.24) is 0 Å². The molecule has 2 nitrogen and oxygen atoms in total. The highest BCUT2D eigenvalue weighted by Crippen LogP contribution is 2.32. The third kappa shape index (κ3) is 1.41. The number of ether oxygens (including phenoxy) is 1. The molecule has 0 radical (unpaired) electrons. The lowest BCUT2D eigenvalue weighted by Gasteiger charge is -2.26. The van der Waals surface area contributed by atoms with Gasteiger partial charge in [0, 0.05) is 5.39 Å². The summed E-state index contributed by atoms with van der Waals surface area (Å²) in [6, 6.07) is 6.09. The first-order chi connectivity index (χ1) is 7.34. The van der Waals surface area contributed by atoms with Gasteiger partial charge < -0.3 is 9.15 Å². The van der Waals surface area contributed by atoms with Gasteiger partial charge in [-0.25, -0.2) is 0 Å². The minimum absolute atomic E-state index is 0.404. The van der Waals surface area contributed by atoms with Crippen LogP contribution in [0.2, 0.25) is 0 Å². The van der Waals surface area contributed by atoms with Gasteiger partial charge in [0.1, 0.15) is 0 Å². The van der Waals surface area contributed by atoms with E-state index in [-0.39, 0.29) is 0 Å². The maximum absolute atomic E-state index is 5.88. The van der Waals surface area contributed by atoms with Gasteiger partial charge in [-0.15, -0.1) is 0 Å². The predicted octanol–water partition coefficient (Wildman–Crippen LogP) is 3.67. The molecular weight excluding hydrogens is 188 g/mol. The second-order valence-electron chi connectivity index (χ2n) is 4.22. The van der Waals surface area contributed by atoms with Crippen molar-refractivity contribution < 1.29 is 9.15 Å². The van der Waals surface area contributed by atoms with E-state index in [1.807, 2.05) is 12.1 Å². The van der Waals surface area contributed by atoms with Crippen LogP contribution in [-0.2, 0) is 0 Å². The van der Waals surface area contributed by atoms with Crippen LogP contribution < -0.4 is 4.74 Å². The van der Waals surface area contributed by atoms with E-state index < -0.39 is 0 Å². The van der Waals surface area contributed by atoms with Gasteiger partial charge in [-0.3, -0.25) is 0 Å². The smallest absolute Gasteiger partial charge is 0.175 e. The lowest BCUT2D eigenvalue weighted by molar-refractivity contribution is 0.121. The van der Waals surface area contributed by atoms with Crippen LogP contribution in [0.15, 0.2) is 28.9 Å². The molecule has 0 saturated heterocycles. The molecule has 0 unspecified atom stereocenters. The average molecular weight is 202 g/mol. The standard InChI is InChI=1S/C13H14O2/c1-9-8-14-13-11(9)6-3-7-12(13)15-10-4-2-5-10/h3,6-8,10H,2,4-5H2,1H3. The average Bonchev–Trinajstić information content (AvgIpc) is 2.55. The molecule has 3 rings (SSSR count). The quantitative estimate of drug-likeness (QED) is 0.741. The highest BCUT2D eigenvalue weighted by atomic mass is 16.5. The van der Waals surface area contributed by atoms with Crippen molar-refractivity contribution in [3.63, 3.8) is 0 Å². The van der Waals surface area contributed by atoms with Crippen molar-refractivity contribution in [3.05, 3.63) is 30.0 Å². The zero-order valence-electron chi connectivity index (χ0n) is 8.82. The van der Waals surface area contributed by atoms with Crippen molar-refractivity contribution in [3.8, 4) is 5.75 Å². The minimum Gasteiger partial charge on any atom is -0.486 e. The maximum atomic E-state index is 5.88. The Morgan fingerprint density at radius 2 is 2.20 bits per heavy atom. The third-order valence-electron chi connectivity index (χ3n) is 3.10. The Hall–Kier alpha value is -1.44. The van der Waals surface area contributed by atoms with Crippen LogP contribution in [0.25, 0.3) is 11.0 Å². The van der Waals surface area contributed by atoms with E-state index in [1.54, 1.807) is 6.26 Å². The van der Waals surface area contributed by atoms with Gasteiger partial charge in [0.2, 0.25) is 0 Å². The molecule has 1 saturated carbocycles. The summed E-state index contributed by atoms with van der Waals surface area (Å²) in [4.78, 5) is 0. The molecule has 0 N–H and O–H groups in total. The zero-order chi connectivity index (χ0) is 10.3. The molecule has 0 spiro atoms. The van der Waals surface area contributed by atoms with Crippen LogP contribution in [-0.4, -0.2) is 6.10 Å². The third-order valence-corrected chi connectivity index (χ3v) is 3.10. The second kappa shape index (κ2) is 3.30. The van der Waals surface area contributed by atoms with Crippen LogP contribution in [0.4, 0.5) is 0 Å². The zero-order valence-corrected chi connectivity index (χ0v) is 8.82. The predicted molar refractivity (Wildman–Crippen MR) is 59.2 cm³/mol. The molecule has 1 aliphatic carbocycles. The number of rotatable bonds is 2. The van der Waals surface area contributed by atoms with E-state index in [0.29, 0.717) is 6.10 Å². The first-order valence-electron chi connectivity index (χ1n) is 5.48. The monoisotopic (exact) mass is 202 g/mol. The lowest BCUT2D eigenvalue weighted by atomic mass is 9.96. The molecule has 0 aliphatic heterocycles. The molecule has 0 bridgehead atoms. The Balaban J connectivity index is 2.01. The SMILES string of the molecule is Cc1coc2c(OC3CCC3)cccc12. The Morgan fingerprint density at radius 3 is 2.93 bits per heavy atom. The fourth-order valence-electron chi connectivity index (χ4n) is 1.92. The van der Waals surface area contributed by atoms with E-state index in [1.165, 1.54) is 24.8 Å². The first-order valence-corrected chi connectivity index (χ1v) is 5.48. The van der Waals surface area contributed by atoms with E-state index in [9.17, 15) is 0 Å². The van der Waals surface area contributed by atoms with Crippen molar-refractivity contribution in [2.24, 2.45) is 0 Å². The number of para-hydroxylation sites is 1. The van der Waals surface area contributed by atoms with Crippen LogP contribution in [0.3, 0.4) is 0 Å². The maximum Gasteiger partial charge on any atom is 0.175 e. The summed E-state index contributed by atoms with van der Waals surface area (Å²) in [6.07, 6.45) is 5.84. The van der Waals surface area contributed by atoms with Crippen molar-refractivity contribution >= 4 is 11.0 Å². The number of benzene rings is 1. The van der Waals surface area contributed by atoms with Crippen LogP contribution in [0.5, 0.6) is 5.75 Å². The molecule has 2 heteroatoms. The molecular formula is C13H14O2. The summed E-state index contributed by atoms with van der Waals surface area (Å²) in [5.74, 6) is 0.894.